The van der Waals surface area contributed by atoms with E-state index in [1.807, 2.05) is 60.7 Å². The highest BCUT2D eigenvalue weighted by Crippen LogP contribution is 2.52. The van der Waals surface area contributed by atoms with Crippen molar-refractivity contribution in [2.75, 3.05) is 0 Å². The summed E-state index contributed by atoms with van der Waals surface area (Å²) in [5.41, 5.74) is 7.43. The lowest BCUT2D eigenvalue weighted by Gasteiger charge is -2.21. The third kappa shape index (κ3) is 5.24. The van der Waals surface area contributed by atoms with Gasteiger partial charge in [0.2, 0.25) is 0 Å². The lowest BCUT2D eigenvalue weighted by Crippen LogP contribution is -2.17. The van der Waals surface area contributed by atoms with Gasteiger partial charge in [-0.2, -0.15) is 0 Å². The van der Waals surface area contributed by atoms with Gasteiger partial charge in [-0.1, -0.05) is 171 Å². The zero-order chi connectivity index (χ0) is 31.5. The lowest BCUT2D eigenvalue weighted by atomic mass is 9.93. The molecule has 7 aromatic rings. The van der Waals surface area contributed by atoms with Gasteiger partial charge < -0.3 is 4.57 Å². The first-order chi connectivity index (χ1) is 22.6. The predicted octanol–water partition coefficient (Wildman–Crippen LogP) is 11.0. The number of hydrogen-bond acceptors (Lipinski definition) is 2. The highest BCUT2D eigenvalue weighted by Gasteiger charge is 2.30. The molecule has 7 rings (SSSR count). The molecule has 1 atom stereocenters. The van der Waals surface area contributed by atoms with Gasteiger partial charge in [0.15, 0.2) is 7.14 Å². The van der Waals surface area contributed by atoms with Crippen molar-refractivity contribution in [3.63, 3.8) is 0 Å². The van der Waals surface area contributed by atoms with Crippen LogP contribution in [0, 0.1) is 0 Å². The number of allylic oxidation sites excluding steroid dienone is 4. The Labute approximate surface area is 270 Å². The van der Waals surface area contributed by atoms with Gasteiger partial charge in [0.1, 0.15) is 0 Å². The molecule has 2 nitrogen and oxygen atoms in total. The minimum atomic E-state index is -3.12. The first-order valence-corrected chi connectivity index (χ1v) is 17.0. The monoisotopic (exact) mass is 609 g/mol. The molecular weight excluding hydrogens is 577 g/mol. The Morgan fingerprint density at radius 3 is 1.85 bits per heavy atom. The molecule has 0 amide bonds. The van der Waals surface area contributed by atoms with Gasteiger partial charge in [0.05, 0.1) is 11.2 Å². The molecule has 1 aromatic heterocycles. The average Bonchev–Trinajstić information content (AvgIpc) is 3.14. The van der Waals surface area contributed by atoms with Gasteiger partial charge >= 0.3 is 0 Å². The average molecular weight is 610 g/mol. The van der Waals surface area contributed by atoms with Crippen LogP contribution in [0.25, 0.3) is 55.2 Å². The van der Waals surface area contributed by atoms with Crippen LogP contribution in [0.15, 0.2) is 188 Å². The number of hydrogen-bond donors (Lipinski definition) is 0. The fourth-order valence-electron chi connectivity index (χ4n) is 6.21. The second kappa shape index (κ2) is 12.4. The number of pyridine rings is 1. The van der Waals surface area contributed by atoms with Crippen LogP contribution in [-0.2, 0) is 4.57 Å². The highest BCUT2D eigenvalue weighted by atomic mass is 31.2. The zero-order valence-corrected chi connectivity index (χ0v) is 26.3. The van der Waals surface area contributed by atoms with Crippen LogP contribution in [-0.4, -0.2) is 4.98 Å². The van der Waals surface area contributed by atoms with Gasteiger partial charge in [-0.15, -0.1) is 0 Å². The van der Waals surface area contributed by atoms with E-state index in [0.29, 0.717) is 5.31 Å². The van der Waals surface area contributed by atoms with Crippen LogP contribution in [0.3, 0.4) is 0 Å². The molecule has 0 aliphatic rings. The minimum absolute atomic E-state index is 0.665. The summed E-state index contributed by atoms with van der Waals surface area (Å²) >= 11 is 0. The largest absolute Gasteiger partial charge is 0.309 e. The summed E-state index contributed by atoms with van der Waals surface area (Å²) in [4.78, 5) is 5.09. The van der Waals surface area contributed by atoms with Crippen LogP contribution in [0.4, 0.5) is 0 Å². The maximum atomic E-state index is 14.7. The summed E-state index contributed by atoms with van der Waals surface area (Å²) in [6.45, 7) is 7.80. The van der Waals surface area contributed by atoms with Gasteiger partial charge in [-0.25, -0.2) is 4.98 Å². The fourth-order valence-corrected chi connectivity index (χ4v) is 8.83. The topological polar surface area (TPSA) is 30.0 Å². The minimum Gasteiger partial charge on any atom is -0.309 e. The van der Waals surface area contributed by atoms with Gasteiger partial charge in [-0.05, 0) is 45.2 Å². The molecule has 0 saturated carbocycles. The number of fused-ring (bicyclic) bond motifs is 3. The summed E-state index contributed by atoms with van der Waals surface area (Å²) in [5, 5.41) is 5.73. The summed E-state index contributed by atoms with van der Waals surface area (Å²) in [6.07, 6.45) is 5.14. The Balaban J connectivity index is 1.30. The highest BCUT2D eigenvalue weighted by molar-refractivity contribution is 7.82. The molecular formula is C43H32NOP. The van der Waals surface area contributed by atoms with Crippen molar-refractivity contribution in [2.45, 2.75) is 0 Å². The zero-order valence-electron chi connectivity index (χ0n) is 25.4. The number of nitrogens with zero attached hydrogens (tertiary/aromatic N) is 1. The first kappa shape index (κ1) is 29.2. The Bertz CT molecular complexity index is 2290. The van der Waals surface area contributed by atoms with Crippen molar-refractivity contribution in [2.24, 2.45) is 0 Å². The fraction of sp³-hybridized carbons (Fsp3) is 0. The molecule has 1 unspecified atom stereocenters. The van der Waals surface area contributed by atoms with Gasteiger partial charge in [0.25, 0.3) is 0 Å². The molecule has 0 N–H and O–H groups in total. The van der Waals surface area contributed by atoms with E-state index < -0.39 is 7.14 Å². The predicted molar refractivity (Wildman–Crippen MR) is 197 cm³/mol. The molecule has 0 bridgehead atoms. The van der Waals surface area contributed by atoms with Crippen molar-refractivity contribution in [1.29, 1.82) is 0 Å². The molecule has 6 aromatic carbocycles. The van der Waals surface area contributed by atoms with Crippen LogP contribution in [0.2, 0.25) is 0 Å². The maximum Gasteiger partial charge on any atom is 0.170 e. The van der Waals surface area contributed by atoms with Crippen LogP contribution in [0.5, 0.6) is 0 Å². The lowest BCUT2D eigenvalue weighted by molar-refractivity contribution is 0.591. The normalized spacial score (nSPS) is 12.9. The molecule has 0 aliphatic heterocycles. The van der Waals surface area contributed by atoms with Crippen LogP contribution in [0.1, 0.15) is 0 Å². The standard InChI is InChI=1S/C43H32NOP/c1-3-13-36(4-2)46(45,37-17-9-6-10-18-37)38-27-24-32(25-28-38)31-20-22-34(23-21-31)40-30-42(35-15-7-5-8-16-35)44-41-29-26-33-14-11-12-19-39(33)43(40)41/h3-30H,1-2H2/b36-13+. The van der Waals surface area contributed by atoms with Crippen molar-refractivity contribution in [3.8, 4) is 33.5 Å². The molecule has 3 heteroatoms. The Kier molecular flexibility index (Phi) is 7.89. The third-order valence-corrected chi connectivity index (χ3v) is 11.6. The number of aromatic nitrogens is 1. The first-order valence-electron chi connectivity index (χ1n) is 15.3. The van der Waals surface area contributed by atoms with Crippen LogP contribution >= 0.6 is 7.14 Å². The van der Waals surface area contributed by atoms with E-state index in [4.69, 9.17) is 4.98 Å². The van der Waals surface area contributed by atoms with E-state index in [1.165, 1.54) is 10.8 Å². The second-order valence-corrected chi connectivity index (χ2v) is 14.0. The summed E-state index contributed by atoms with van der Waals surface area (Å²) in [6, 6.07) is 51.7. The molecule has 0 fully saturated rings. The van der Waals surface area contributed by atoms with Crippen molar-refractivity contribution in [3.05, 3.63) is 188 Å². The molecule has 46 heavy (non-hydrogen) atoms. The number of benzene rings is 6. The van der Waals surface area contributed by atoms with Crippen LogP contribution < -0.4 is 10.6 Å². The summed E-state index contributed by atoms with van der Waals surface area (Å²) in [7, 11) is -3.12. The second-order valence-electron chi connectivity index (χ2n) is 11.2. The van der Waals surface area contributed by atoms with E-state index in [-0.39, 0.29) is 0 Å². The molecule has 0 aliphatic carbocycles. The Morgan fingerprint density at radius 2 is 1.17 bits per heavy atom. The maximum absolute atomic E-state index is 14.7. The van der Waals surface area contributed by atoms with Crippen molar-refractivity contribution < 1.29 is 4.57 Å². The summed E-state index contributed by atoms with van der Waals surface area (Å²) < 4.78 is 14.7. The SMILES string of the molecule is C=C/C=C(\C=C)P(=O)(c1ccccc1)c1ccc(-c2ccc(-c3cc(-c4ccccc4)nc4ccc5ccccc5c34)cc2)cc1. The van der Waals surface area contributed by atoms with E-state index in [0.717, 1.165) is 55.0 Å². The molecule has 0 radical (unpaired) electrons. The Morgan fingerprint density at radius 1 is 0.587 bits per heavy atom. The Hall–Kier alpha value is -5.56. The van der Waals surface area contributed by atoms with Crippen molar-refractivity contribution in [1.82, 2.24) is 4.98 Å². The number of rotatable bonds is 8. The van der Waals surface area contributed by atoms with Gasteiger partial charge in [-0.3, -0.25) is 0 Å². The van der Waals surface area contributed by atoms with Gasteiger partial charge in [0, 0.05) is 26.9 Å². The van der Waals surface area contributed by atoms with E-state index >= 15 is 0 Å². The molecule has 0 spiro atoms. The molecule has 220 valence electrons. The van der Waals surface area contributed by atoms with E-state index in [2.05, 4.69) is 104 Å². The molecule has 1 heterocycles. The van der Waals surface area contributed by atoms with Crippen molar-refractivity contribution >= 4 is 39.4 Å². The summed E-state index contributed by atoms with van der Waals surface area (Å²) in [5.74, 6) is 0. The quantitative estimate of drug-likeness (QED) is 0.0975. The van der Waals surface area contributed by atoms with E-state index in [9.17, 15) is 4.57 Å². The third-order valence-electron chi connectivity index (χ3n) is 8.51. The smallest absolute Gasteiger partial charge is 0.170 e. The van der Waals surface area contributed by atoms with E-state index in [1.54, 1.807) is 18.2 Å². The molecule has 0 saturated heterocycles.